The molecule has 1 amide bonds. The normalized spacial score (nSPS) is 22.5. The van der Waals surface area contributed by atoms with E-state index >= 15 is 0 Å². The molecule has 120 valence electrons. The Hall–Kier alpha value is -1.95. The summed E-state index contributed by atoms with van der Waals surface area (Å²) in [6.45, 7) is 4.04. The molecule has 1 aromatic carbocycles. The smallest absolute Gasteiger partial charge is 0.221 e. The standard InChI is InChI=1S/C16H21FN2O3/c1-9-3-4-11(16(18)22)7-19(9)8-12-5-13(17)6-14(10(2)20)15(12)21/h5-6,9,11,21H,3-4,7-8H2,1-2H3,(H2,18,22)/t9-,11-/m1/s1. The van der Waals surface area contributed by atoms with Gasteiger partial charge in [-0.05, 0) is 38.8 Å². The predicted molar refractivity (Wildman–Crippen MR) is 79.9 cm³/mol. The number of primary amides is 1. The molecule has 1 aliphatic heterocycles. The van der Waals surface area contributed by atoms with Crippen LogP contribution in [0.5, 0.6) is 5.75 Å². The molecule has 6 heteroatoms. The highest BCUT2D eigenvalue weighted by Gasteiger charge is 2.29. The monoisotopic (exact) mass is 308 g/mol. The summed E-state index contributed by atoms with van der Waals surface area (Å²) in [6, 6.07) is 2.45. The summed E-state index contributed by atoms with van der Waals surface area (Å²) in [7, 11) is 0. The highest BCUT2D eigenvalue weighted by molar-refractivity contribution is 5.97. The third kappa shape index (κ3) is 3.44. The summed E-state index contributed by atoms with van der Waals surface area (Å²) in [4.78, 5) is 24.8. The van der Waals surface area contributed by atoms with Gasteiger partial charge in [0, 0.05) is 24.7 Å². The van der Waals surface area contributed by atoms with Crippen LogP contribution in [0.1, 0.15) is 42.6 Å². The number of hydrogen-bond donors (Lipinski definition) is 2. The number of rotatable bonds is 4. The van der Waals surface area contributed by atoms with Gasteiger partial charge >= 0.3 is 0 Å². The first kappa shape index (κ1) is 16.4. The summed E-state index contributed by atoms with van der Waals surface area (Å²) in [5, 5.41) is 10.2. The number of phenolic OH excluding ortho intramolecular Hbond substituents is 1. The highest BCUT2D eigenvalue weighted by Crippen LogP contribution is 2.29. The van der Waals surface area contributed by atoms with Gasteiger partial charge in [-0.3, -0.25) is 14.5 Å². The lowest BCUT2D eigenvalue weighted by Gasteiger charge is -2.37. The Morgan fingerprint density at radius 1 is 1.41 bits per heavy atom. The van der Waals surface area contributed by atoms with Crippen LogP contribution in [0, 0.1) is 11.7 Å². The summed E-state index contributed by atoms with van der Waals surface area (Å²) in [5.41, 5.74) is 5.69. The number of amides is 1. The fourth-order valence-electron chi connectivity index (χ4n) is 2.90. The second-order valence-corrected chi connectivity index (χ2v) is 5.97. The third-order valence-corrected chi connectivity index (χ3v) is 4.32. The molecule has 1 saturated heterocycles. The van der Waals surface area contributed by atoms with Crippen LogP contribution in [0.25, 0.3) is 0 Å². The minimum atomic E-state index is -0.561. The van der Waals surface area contributed by atoms with Crippen LogP contribution in [-0.4, -0.2) is 34.3 Å². The zero-order valence-electron chi connectivity index (χ0n) is 12.8. The van der Waals surface area contributed by atoms with E-state index in [0.717, 1.165) is 18.9 Å². The van der Waals surface area contributed by atoms with Gasteiger partial charge in [0.2, 0.25) is 5.91 Å². The van der Waals surface area contributed by atoms with Crippen molar-refractivity contribution in [1.82, 2.24) is 4.90 Å². The molecule has 1 aliphatic rings. The minimum absolute atomic E-state index is 0.0221. The van der Waals surface area contributed by atoms with E-state index in [9.17, 15) is 19.1 Å². The Morgan fingerprint density at radius 2 is 2.09 bits per heavy atom. The number of nitrogens with two attached hydrogens (primary N) is 1. The SMILES string of the molecule is CC(=O)c1cc(F)cc(CN2C[C@H](C(N)=O)CC[C@H]2C)c1O. The van der Waals surface area contributed by atoms with Crippen molar-refractivity contribution in [3.05, 3.63) is 29.1 Å². The molecule has 1 heterocycles. The second kappa shape index (κ2) is 6.44. The maximum Gasteiger partial charge on any atom is 0.221 e. The number of halogens is 1. The quantitative estimate of drug-likeness (QED) is 0.831. The summed E-state index contributed by atoms with van der Waals surface area (Å²) >= 11 is 0. The lowest BCUT2D eigenvalue weighted by molar-refractivity contribution is -0.124. The van der Waals surface area contributed by atoms with Gasteiger partial charge in [0.15, 0.2) is 5.78 Å². The molecule has 0 bridgehead atoms. The van der Waals surface area contributed by atoms with Gasteiger partial charge in [0.05, 0.1) is 11.5 Å². The maximum absolute atomic E-state index is 13.7. The van der Waals surface area contributed by atoms with Gasteiger partial charge in [-0.25, -0.2) is 4.39 Å². The van der Waals surface area contributed by atoms with Crippen molar-refractivity contribution in [2.45, 2.75) is 39.3 Å². The molecule has 2 atom stereocenters. The van der Waals surface area contributed by atoms with Crippen LogP contribution in [0.4, 0.5) is 4.39 Å². The first-order valence-electron chi connectivity index (χ1n) is 7.35. The molecule has 1 fully saturated rings. The predicted octanol–water partition coefficient (Wildman–Crippen LogP) is 1.82. The molecule has 0 unspecified atom stereocenters. The van der Waals surface area contributed by atoms with E-state index in [4.69, 9.17) is 5.73 Å². The summed E-state index contributed by atoms with van der Waals surface area (Å²) in [6.07, 6.45) is 1.55. The topological polar surface area (TPSA) is 83.6 Å². The van der Waals surface area contributed by atoms with Gasteiger partial charge in [-0.1, -0.05) is 0 Å². The lowest BCUT2D eigenvalue weighted by atomic mass is 9.92. The van der Waals surface area contributed by atoms with Crippen LogP contribution in [-0.2, 0) is 11.3 Å². The maximum atomic E-state index is 13.7. The summed E-state index contributed by atoms with van der Waals surface area (Å²) in [5.74, 6) is -1.72. The average molecular weight is 308 g/mol. The molecule has 5 nitrogen and oxygen atoms in total. The molecular formula is C16H21FN2O3. The number of Topliss-reactive ketones (excluding diaryl/α,β-unsaturated/α-hetero) is 1. The first-order valence-corrected chi connectivity index (χ1v) is 7.35. The Balaban J connectivity index is 2.25. The first-order chi connectivity index (χ1) is 10.3. The fraction of sp³-hybridized carbons (Fsp3) is 0.500. The van der Waals surface area contributed by atoms with E-state index in [-0.39, 0.29) is 41.5 Å². The molecule has 0 radical (unpaired) electrons. The minimum Gasteiger partial charge on any atom is -0.507 e. The molecule has 0 spiro atoms. The molecule has 0 aromatic heterocycles. The Morgan fingerprint density at radius 3 is 2.68 bits per heavy atom. The van der Waals surface area contributed by atoms with E-state index in [2.05, 4.69) is 0 Å². The number of carbonyl (C=O) groups excluding carboxylic acids is 2. The van der Waals surface area contributed by atoms with Gasteiger partial charge in [-0.2, -0.15) is 0 Å². The number of carbonyl (C=O) groups is 2. The number of piperidine rings is 1. The summed E-state index contributed by atoms with van der Waals surface area (Å²) < 4.78 is 13.7. The van der Waals surface area contributed by atoms with Crippen molar-refractivity contribution in [3.63, 3.8) is 0 Å². The van der Waals surface area contributed by atoms with E-state index in [1.807, 2.05) is 11.8 Å². The number of ketones is 1. The van der Waals surface area contributed by atoms with Crippen LogP contribution >= 0.6 is 0 Å². The van der Waals surface area contributed by atoms with E-state index < -0.39 is 5.82 Å². The van der Waals surface area contributed by atoms with Crippen molar-refractivity contribution >= 4 is 11.7 Å². The number of phenols is 1. The molecule has 0 aliphatic carbocycles. The van der Waals surface area contributed by atoms with Gasteiger partial charge in [0.1, 0.15) is 11.6 Å². The van der Waals surface area contributed by atoms with Gasteiger partial charge < -0.3 is 10.8 Å². The lowest BCUT2D eigenvalue weighted by Crippen LogP contribution is -2.45. The van der Waals surface area contributed by atoms with E-state index in [0.29, 0.717) is 12.1 Å². The highest BCUT2D eigenvalue weighted by atomic mass is 19.1. The average Bonchev–Trinajstić information content (AvgIpc) is 2.44. The third-order valence-electron chi connectivity index (χ3n) is 4.32. The number of benzene rings is 1. The van der Waals surface area contributed by atoms with Crippen LogP contribution in [0.2, 0.25) is 0 Å². The van der Waals surface area contributed by atoms with Gasteiger partial charge in [-0.15, -0.1) is 0 Å². The van der Waals surface area contributed by atoms with Crippen LogP contribution < -0.4 is 5.73 Å². The number of hydrogen-bond acceptors (Lipinski definition) is 4. The molecule has 3 N–H and O–H groups in total. The van der Waals surface area contributed by atoms with Crippen molar-refractivity contribution in [2.75, 3.05) is 6.54 Å². The Labute approximate surface area is 128 Å². The van der Waals surface area contributed by atoms with Crippen molar-refractivity contribution in [3.8, 4) is 5.75 Å². The largest absolute Gasteiger partial charge is 0.507 e. The number of aromatic hydroxyl groups is 1. The molecular weight excluding hydrogens is 287 g/mol. The second-order valence-electron chi connectivity index (χ2n) is 5.97. The zero-order valence-corrected chi connectivity index (χ0v) is 12.8. The van der Waals surface area contributed by atoms with E-state index in [1.165, 1.54) is 13.0 Å². The van der Waals surface area contributed by atoms with Gasteiger partial charge in [0.25, 0.3) is 0 Å². The molecule has 0 saturated carbocycles. The molecule has 22 heavy (non-hydrogen) atoms. The number of likely N-dealkylation sites (tertiary alicyclic amines) is 1. The number of nitrogens with zero attached hydrogens (tertiary/aromatic N) is 1. The van der Waals surface area contributed by atoms with Crippen LogP contribution in [0.3, 0.4) is 0 Å². The Kier molecular flexibility index (Phi) is 4.81. The fourth-order valence-corrected chi connectivity index (χ4v) is 2.90. The van der Waals surface area contributed by atoms with E-state index in [1.54, 1.807) is 0 Å². The Bertz CT molecular complexity index is 603. The molecule has 2 rings (SSSR count). The molecule has 1 aromatic rings. The van der Waals surface area contributed by atoms with Crippen LogP contribution in [0.15, 0.2) is 12.1 Å². The van der Waals surface area contributed by atoms with Crippen molar-refractivity contribution < 1.29 is 19.1 Å². The van der Waals surface area contributed by atoms with Crippen molar-refractivity contribution in [1.29, 1.82) is 0 Å². The zero-order chi connectivity index (χ0) is 16.4. The van der Waals surface area contributed by atoms with Crippen molar-refractivity contribution in [2.24, 2.45) is 11.7 Å².